The molecule has 1 aliphatic heterocycles. The smallest absolute Gasteiger partial charge is 0.318 e. The van der Waals surface area contributed by atoms with E-state index in [9.17, 15) is 24.9 Å². The fourth-order valence-corrected chi connectivity index (χ4v) is 3.07. The number of nitrogens with zero attached hydrogens (tertiary/aromatic N) is 2. The van der Waals surface area contributed by atoms with Crippen LogP contribution in [0.25, 0.3) is 0 Å². The number of carbonyl (C=O) groups is 2. The van der Waals surface area contributed by atoms with Gasteiger partial charge in [0.1, 0.15) is 17.7 Å². The Bertz CT molecular complexity index is 590. The van der Waals surface area contributed by atoms with Crippen LogP contribution in [0.15, 0.2) is 28.2 Å². The third-order valence-electron chi connectivity index (χ3n) is 4.24. The zero-order chi connectivity index (χ0) is 15.3. The number of likely N-dealkylation sites (tertiary alicyclic amines) is 1. The lowest BCUT2D eigenvalue weighted by Crippen LogP contribution is -2.56. The minimum atomic E-state index is -1.49. The van der Waals surface area contributed by atoms with Gasteiger partial charge in [0.05, 0.1) is 5.92 Å². The second kappa shape index (κ2) is 4.70. The van der Waals surface area contributed by atoms with E-state index in [2.05, 4.69) is 11.7 Å². The fourth-order valence-electron chi connectivity index (χ4n) is 3.07. The molecule has 3 unspecified atom stereocenters. The molecule has 1 saturated heterocycles. The van der Waals surface area contributed by atoms with Crippen LogP contribution in [0.5, 0.6) is 0 Å². The molecule has 0 amide bonds. The van der Waals surface area contributed by atoms with Crippen molar-refractivity contribution < 1.29 is 24.9 Å². The van der Waals surface area contributed by atoms with Gasteiger partial charge in [0.25, 0.3) is 0 Å². The number of aliphatic hydroxyl groups excluding tert-OH is 2. The molecule has 1 saturated carbocycles. The summed E-state index contributed by atoms with van der Waals surface area (Å²) in [6, 6.07) is 0.0370. The number of fused-ring (bicyclic) bond motifs is 1. The molecule has 3 aliphatic rings. The van der Waals surface area contributed by atoms with E-state index in [-0.39, 0.29) is 23.9 Å². The molecule has 0 spiro atoms. The van der Waals surface area contributed by atoms with E-state index in [0.29, 0.717) is 5.70 Å². The summed E-state index contributed by atoms with van der Waals surface area (Å²) in [5.74, 6) is -4.23. The number of allylic oxidation sites excluding steroid dienone is 3. The number of aliphatic carboxylic acids is 1. The first-order valence-corrected chi connectivity index (χ1v) is 6.79. The van der Waals surface area contributed by atoms with Gasteiger partial charge in [0.15, 0.2) is 11.7 Å². The van der Waals surface area contributed by atoms with Crippen LogP contribution in [0.1, 0.15) is 19.3 Å². The van der Waals surface area contributed by atoms with E-state index in [1.54, 1.807) is 4.90 Å². The molecule has 2 fully saturated rings. The number of hydrogen-bond donors (Lipinski definition) is 3. The minimum absolute atomic E-state index is 0.00125. The number of carboxylic acids is 1. The van der Waals surface area contributed by atoms with Gasteiger partial charge >= 0.3 is 5.97 Å². The van der Waals surface area contributed by atoms with E-state index >= 15 is 0 Å². The minimum Gasteiger partial charge on any atom is -0.510 e. The van der Waals surface area contributed by atoms with Crippen LogP contribution in [-0.2, 0) is 9.59 Å². The maximum atomic E-state index is 12.4. The van der Waals surface area contributed by atoms with Crippen LogP contribution in [0.2, 0.25) is 0 Å². The van der Waals surface area contributed by atoms with Crippen molar-refractivity contribution in [3.63, 3.8) is 0 Å². The molecule has 3 N–H and O–H groups in total. The summed E-state index contributed by atoms with van der Waals surface area (Å²) < 4.78 is 0. The Labute approximate surface area is 120 Å². The molecular weight excluding hydrogens is 276 g/mol. The molecule has 1 heterocycles. The van der Waals surface area contributed by atoms with Crippen molar-refractivity contribution in [2.24, 2.45) is 16.8 Å². The summed E-state index contributed by atoms with van der Waals surface area (Å²) in [6.07, 6.45) is 1.83. The molecule has 2 aliphatic carbocycles. The summed E-state index contributed by atoms with van der Waals surface area (Å²) in [5, 5.41) is 29.4. The average molecular weight is 292 g/mol. The Kier molecular flexibility index (Phi) is 3.09. The second-order valence-corrected chi connectivity index (χ2v) is 5.59. The fraction of sp³-hybridized carbons (Fsp3) is 0.500. The third-order valence-corrected chi connectivity index (χ3v) is 4.24. The van der Waals surface area contributed by atoms with Gasteiger partial charge in [-0.05, 0) is 25.6 Å². The van der Waals surface area contributed by atoms with E-state index in [1.807, 2.05) is 0 Å². The number of carbonyl (C=O) groups excluding carboxylic acids is 1. The highest BCUT2D eigenvalue weighted by Gasteiger charge is 2.53. The molecule has 0 aromatic carbocycles. The number of hydrogen-bond acceptors (Lipinski definition) is 6. The molecule has 21 heavy (non-hydrogen) atoms. The van der Waals surface area contributed by atoms with Gasteiger partial charge < -0.3 is 20.2 Å². The number of rotatable bonds is 3. The van der Waals surface area contributed by atoms with Crippen molar-refractivity contribution in [3.05, 3.63) is 23.2 Å². The Morgan fingerprint density at radius 3 is 2.62 bits per heavy atom. The quantitative estimate of drug-likeness (QED) is 0.514. The Hall–Kier alpha value is -2.15. The summed E-state index contributed by atoms with van der Waals surface area (Å²) in [7, 11) is 0. The predicted octanol–water partition coefficient (Wildman–Crippen LogP) is 0.427. The van der Waals surface area contributed by atoms with E-state index in [4.69, 9.17) is 0 Å². The number of Topliss-reactive ketones (excluding diaryl/α,β-unsaturated/α-hetero) is 1. The average Bonchev–Trinajstić information content (AvgIpc) is 3.23. The number of piperidine rings is 1. The Morgan fingerprint density at radius 1 is 1.43 bits per heavy atom. The molecule has 0 aromatic heterocycles. The van der Waals surface area contributed by atoms with Crippen LogP contribution >= 0.6 is 0 Å². The van der Waals surface area contributed by atoms with Crippen LogP contribution in [0.3, 0.4) is 0 Å². The number of aliphatic hydroxyl groups is 2. The zero-order valence-corrected chi connectivity index (χ0v) is 11.3. The van der Waals surface area contributed by atoms with Gasteiger partial charge in [0.2, 0.25) is 0 Å². The molecule has 112 valence electrons. The van der Waals surface area contributed by atoms with Gasteiger partial charge in [-0.25, -0.2) is 0 Å². The van der Waals surface area contributed by atoms with Crippen molar-refractivity contribution in [2.45, 2.75) is 31.5 Å². The molecule has 7 nitrogen and oxygen atoms in total. The van der Waals surface area contributed by atoms with Crippen molar-refractivity contribution in [2.75, 3.05) is 0 Å². The van der Waals surface area contributed by atoms with E-state index in [1.165, 1.54) is 6.08 Å². The first-order chi connectivity index (χ1) is 9.95. The van der Waals surface area contributed by atoms with Crippen molar-refractivity contribution >= 4 is 18.5 Å². The summed E-state index contributed by atoms with van der Waals surface area (Å²) >= 11 is 0. The molecule has 0 aromatic rings. The van der Waals surface area contributed by atoms with Crippen molar-refractivity contribution in [1.29, 1.82) is 0 Å². The van der Waals surface area contributed by atoms with Gasteiger partial charge in [-0.1, -0.05) is 0 Å². The molecule has 3 atom stereocenters. The summed E-state index contributed by atoms with van der Waals surface area (Å²) in [4.78, 5) is 29.0. The molecule has 0 radical (unpaired) electrons. The lowest BCUT2D eigenvalue weighted by molar-refractivity contribution is -0.163. The standard InChI is InChI=1S/C14H16N2O5/c1-15-8-5-9-7(4-10(8)17)12(18)11(14(20)21)13(19)16(9)6-2-3-6/h5-7,11,13,17,19H,1-4H2,(H,20,21). The molecule has 7 heteroatoms. The first-order valence-electron chi connectivity index (χ1n) is 6.79. The summed E-state index contributed by atoms with van der Waals surface area (Å²) in [6.45, 7) is 3.37. The van der Waals surface area contributed by atoms with E-state index in [0.717, 1.165) is 12.8 Å². The Morgan fingerprint density at radius 2 is 2.10 bits per heavy atom. The molecule has 0 bridgehead atoms. The highest BCUT2D eigenvalue weighted by molar-refractivity contribution is 6.02. The van der Waals surface area contributed by atoms with Gasteiger partial charge in [0, 0.05) is 18.2 Å². The second-order valence-electron chi connectivity index (χ2n) is 5.59. The van der Waals surface area contributed by atoms with Crippen LogP contribution in [0.4, 0.5) is 0 Å². The maximum absolute atomic E-state index is 12.4. The van der Waals surface area contributed by atoms with Crippen molar-refractivity contribution in [3.8, 4) is 0 Å². The van der Waals surface area contributed by atoms with Crippen molar-refractivity contribution in [1.82, 2.24) is 4.90 Å². The highest BCUT2D eigenvalue weighted by atomic mass is 16.4. The number of carboxylic acid groups (broad SMARTS) is 1. The maximum Gasteiger partial charge on any atom is 0.318 e. The lowest BCUT2D eigenvalue weighted by Gasteiger charge is -2.44. The normalized spacial score (nSPS) is 32.6. The SMILES string of the molecule is C=NC1=C(O)CC2C(=O)C(C(=O)O)C(O)N(C3CC3)C2=C1. The van der Waals surface area contributed by atoms with Gasteiger partial charge in [-0.3, -0.25) is 14.6 Å². The highest BCUT2D eigenvalue weighted by Crippen LogP contribution is 2.44. The van der Waals surface area contributed by atoms with Crippen LogP contribution in [-0.4, -0.2) is 51.0 Å². The monoisotopic (exact) mass is 292 g/mol. The Balaban J connectivity index is 2.07. The molecular formula is C14H16N2O5. The van der Waals surface area contributed by atoms with Crippen LogP contribution < -0.4 is 0 Å². The van der Waals surface area contributed by atoms with E-state index < -0.39 is 29.8 Å². The third kappa shape index (κ3) is 2.04. The number of aliphatic imine (C=N–C) groups is 1. The van der Waals surface area contributed by atoms with Crippen LogP contribution in [0, 0.1) is 11.8 Å². The predicted molar refractivity (Wildman–Crippen MR) is 72.4 cm³/mol. The largest absolute Gasteiger partial charge is 0.510 e. The molecule has 3 rings (SSSR count). The van der Waals surface area contributed by atoms with Gasteiger partial charge in [-0.2, -0.15) is 0 Å². The van der Waals surface area contributed by atoms with Gasteiger partial charge in [-0.15, -0.1) is 0 Å². The number of ketones is 1. The topological polar surface area (TPSA) is 110 Å². The zero-order valence-electron chi connectivity index (χ0n) is 11.3. The first kappa shape index (κ1) is 13.8. The lowest BCUT2D eigenvalue weighted by atomic mass is 9.78. The summed E-state index contributed by atoms with van der Waals surface area (Å²) in [5.41, 5.74) is 0.799.